The first kappa shape index (κ1) is 17.3. The lowest BCUT2D eigenvalue weighted by molar-refractivity contribution is -0.134. The van der Waals surface area contributed by atoms with Gasteiger partial charge in [-0.3, -0.25) is 9.59 Å². The molecule has 1 heterocycles. The lowest BCUT2D eigenvalue weighted by atomic mass is 10.1. The minimum absolute atomic E-state index is 0.192. The van der Waals surface area contributed by atoms with Crippen molar-refractivity contribution in [1.29, 1.82) is 0 Å². The van der Waals surface area contributed by atoms with E-state index in [1.54, 1.807) is 0 Å². The molecule has 0 spiro atoms. The second-order valence-corrected chi connectivity index (χ2v) is 5.91. The summed E-state index contributed by atoms with van der Waals surface area (Å²) in [6.07, 6.45) is -4.53. The van der Waals surface area contributed by atoms with Crippen LogP contribution in [0.1, 0.15) is 26.8 Å². The van der Waals surface area contributed by atoms with Crippen molar-refractivity contribution < 1.29 is 22.8 Å². The second kappa shape index (κ2) is 6.59. The molecule has 3 N–H and O–H groups in total. The van der Waals surface area contributed by atoms with Gasteiger partial charge < -0.3 is 11.1 Å². The van der Waals surface area contributed by atoms with Crippen molar-refractivity contribution in [2.24, 2.45) is 5.73 Å². The largest absolute Gasteiger partial charge is 0.425 e. The van der Waals surface area contributed by atoms with Gasteiger partial charge in [0.1, 0.15) is 10.9 Å². The molecule has 2 aromatic rings. The Balaban J connectivity index is 2.20. The molecule has 0 radical (unpaired) electrons. The van der Waals surface area contributed by atoms with E-state index >= 15 is 0 Å². The molecule has 1 atom stereocenters. The number of carbonyl (C=O) groups is 2. The standard InChI is InChI=1S/C14H10ClF3N2O2S/c15-9-3-1-7(2-4-9)11(12(19)21)20-13(22)8-5-10(23-6-8)14(16,17)18/h1-6,11H,(H2,19,21)(H,20,22). The van der Waals surface area contributed by atoms with Gasteiger partial charge in [0.2, 0.25) is 5.91 Å². The number of amides is 2. The fraction of sp³-hybridized carbons (Fsp3) is 0.143. The molecule has 1 unspecified atom stereocenters. The van der Waals surface area contributed by atoms with Gasteiger partial charge in [-0.2, -0.15) is 13.2 Å². The van der Waals surface area contributed by atoms with Gasteiger partial charge in [-0.25, -0.2) is 0 Å². The summed E-state index contributed by atoms with van der Waals surface area (Å²) in [5.74, 6) is -1.66. The monoisotopic (exact) mass is 362 g/mol. The van der Waals surface area contributed by atoms with Gasteiger partial charge in [0, 0.05) is 10.4 Å². The van der Waals surface area contributed by atoms with Crippen molar-refractivity contribution >= 4 is 34.8 Å². The molecule has 0 bridgehead atoms. The summed E-state index contributed by atoms with van der Waals surface area (Å²) in [5.41, 5.74) is 5.43. The Hall–Kier alpha value is -2.06. The Morgan fingerprint density at radius 3 is 2.30 bits per heavy atom. The Morgan fingerprint density at radius 2 is 1.83 bits per heavy atom. The van der Waals surface area contributed by atoms with Crippen molar-refractivity contribution in [3.05, 3.63) is 56.7 Å². The first-order valence-electron chi connectivity index (χ1n) is 6.20. The number of hydrogen-bond donors (Lipinski definition) is 2. The van der Waals surface area contributed by atoms with Crippen LogP contribution in [0.4, 0.5) is 13.2 Å². The third-order valence-electron chi connectivity index (χ3n) is 2.90. The molecule has 1 aromatic heterocycles. The molecule has 0 saturated heterocycles. The number of halogens is 4. The van der Waals surface area contributed by atoms with Crippen LogP contribution in [-0.2, 0) is 11.0 Å². The number of rotatable bonds is 4. The van der Waals surface area contributed by atoms with Crippen LogP contribution in [0.15, 0.2) is 35.7 Å². The van der Waals surface area contributed by atoms with E-state index in [-0.39, 0.29) is 5.56 Å². The van der Waals surface area contributed by atoms with Gasteiger partial charge in [0.05, 0.1) is 5.56 Å². The molecule has 0 aliphatic carbocycles. The number of carbonyl (C=O) groups excluding carboxylic acids is 2. The Bertz CT molecular complexity index is 728. The molecule has 0 saturated carbocycles. The van der Waals surface area contributed by atoms with E-state index in [4.69, 9.17) is 17.3 Å². The van der Waals surface area contributed by atoms with Crippen LogP contribution >= 0.6 is 22.9 Å². The molecule has 9 heteroatoms. The third-order valence-corrected chi connectivity index (χ3v) is 4.13. The minimum atomic E-state index is -4.53. The van der Waals surface area contributed by atoms with E-state index in [1.165, 1.54) is 24.3 Å². The van der Waals surface area contributed by atoms with E-state index < -0.39 is 28.9 Å². The predicted molar refractivity (Wildman–Crippen MR) is 80.2 cm³/mol. The van der Waals surface area contributed by atoms with Crippen molar-refractivity contribution in [2.75, 3.05) is 0 Å². The molecule has 1 aromatic carbocycles. The molecule has 2 amide bonds. The molecular weight excluding hydrogens is 353 g/mol. The Morgan fingerprint density at radius 1 is 1.22 bits per heavy atom. The van der Waals surface area contributed by atoms with E-state index in [0.29, 0.717) is 21.9 Å². The maximum absolute atomic E-state index is 12.6. The predicted octanol–water partition coefficient (Wildman–Crippen LogP) is 3.38. The van der Waals surface area contributed by atoms with E-state index in [0.717, 1.165) is 11.4 Å². The number of nitrogens with two attached hydrogens (primary N) is 1. The van der Waals surface area contributed by atoms with Crippen LogP contribution in [-0.4, -0.2) is 11.8 Å². The van der Waals surface area contributed by atoms with Gasteiger partial charge in [-0.15, -0.1) is 11.3 Å². The molecule has 122 valence electrons. The minimum Gasteiger partial charge on any atom is -0.368 e. The lowest BCUT2D eigenvalue weighted by Gasteiger charge is -2.15. The molecular formula is C14H10ClF3N2O2S. The first-order chi connectivity index (χ1) is 10.7. The number of benzene rings is 1. The number of thiophene rings is 1. The quantitative estimate of drug-likeness (QED) is 0.875. The summed E-state index contributed by atoms with van der Waals surface area (Å²) in [4.78, 5) is 22.6. The maximum atomic E-state index is 12.6. The molecule has 23 heavy (non-hydrogen) atoms. The fourth-order valence-corrected chi connectivity index (χ4v) is 2.68. The van der Waals surface area contributed by atoms with Gasteiger partial charge in [-0.1, -0.05) is 23.7 Å². The summed E-state index contributed by atoms with van der Waals surface area (Å²) in [5, 5.41) is 3.81. The number of hydrogen-bond acceptors (Lipinski definition) is 3. The highest BCUT2D eigenvalue weighted by Gasteiger charge is 2.33. The Labute approximate surface area is 138 Å². The highest BCUT2D eigenvalue weighted by molar-refractivity contribution is 7.10. The summed E-state index contributed by atoms with van der Waals surface area (Å²) >= 11 is 6.13. The molecule has 2 rings (SSSR count). The van der Waals surface area contributed by atoms with E-state index in [9.17, 15) is 22.8 Å². The van der Waals surface area contributed by atoms with E-state index in [1.807, 2.05) is 0 Å². The number of primary amides is 1. The molecule has 0 aliphatic heterocycles. The van der Waals surface area contributed by atoms with E-state index in [2.05, 4.69) is 5.32 Å². The highest BCUT2D eigenvalue weighted by atomic mass is 35.5. The SMILES string of the molecule is NC(=O)C(NC(=O)c1csc(C(F)(F)F)c1)c1ccc(Cl)cc1. The highest BCUT2D eigenvalue weighted by Crippen LogP contribution is 2.34. The average Bonchev–Trinajstić information content (AvgIpc) is 2.95. The van der Waals surface area contributed by atoms with Crippen LogP contribution in [0.3, 0.4) is 0 Å². The van der Waals surface area contributed by atoms with Crippen LogP contribution in [0, 0.1) is 0 Å². The zero-order chi connectivity index (χ0) is 17.2. The number of alkyl halides is 3. The topological polar surface area (TPSA) is 72.2 Å². The third kappa shape index (κ3) is 4.23. The van der Waals surface area contributed by atoms with Gasteiger partial charge >= 0.3 is 6.18 Å². The second-order valence-electron chi connectivity index (χ2n) is 4.56. The van der Waals surface area contributed by atoms with Gasteiger partial charge in [0.25, 0.3) is 5.91 Å². The number of nitrogens with one attached hydrogen (secondary N) is 1. The molecule has 4 nitrogen and oxygen atoms in total. The summed E-state index contributed by atoms with van der Waals surface area (Å²) in [6.45, 7) is 0. The smallest absolute Gasteiger partial charge is 0.368 e. The van der Waals surface area contributed by atoms with Crippen LogP contribution in [0.5, 0.6) is 0 Å². The molecule has 0 aliphatic rings. The van der Waals surface area contributed by atoms with Crippen molar-refractivity contribution in [2.45, 2.75) is 12.2 Å². The van der Waals surface area contributed by atoms with Crippen molar-refractivity contribution in [1.82, 2.24) is 5.32 Å². The van der Waals surface area contributed by atoms with Crippen molar-refractivity contribution in [3.8, 4) is 0 Å². The zero-order valence-corrected chi connectivity index (χ0v) is 12.9. The van der Waals surface area contributed by atoms with Gasteiger partial charge in [-0.05, 0) is 23.8 Å². The normalized spacial score (nSPS) is 12.7. The first-order valence-corrected chi connectivity index (χ1v) is 7.45. The summed E-state index contributed by atoms with van der Waals surface area (Å²) in [6, 6.07) is 5.55. The summed E-state index contributed by atoms with van der Waals surface area (Å²) < 4.78 is 37.7. The van der Waals surface area contributed by atoms with Crippen molar-refractivity contribution in [3.63, 3.8) is 0 Å². The fourth-order valence-electron chi connectivity index (χ4n) is 1.79. The maximum Gasteiger partial charge on any atom is 0.425 e. The van der Waals surface area contributed by atoms with Crippen LogP contribution in [0.2, 0.25) is 5.02 Å². The Kier molecular flexibility index (Phi) is 4.96. The van der Waals surface area contributed by atoms with Crippen LogP contribution in [0.25, 0.3) is 0 Å². The van der Waals surface area contributed by atoms with Gasteiger partial charge in [0.15, 0.2) is 0 Å². The average molecular weight is 363 g/mol. The van der Waals surface area contributed by atoms with Crippen LogP contribution < -0.4 is 11.1 Å². The zero-order valence-electron chi connectivity index (χ0n) is 11.4. The molecule has 0 fully saturated rings. The summed E-state index contributed by atoms with van der Waals surface area (Å²) in [7, 11) is 0. The lowest BCUT2D eigenvalue weighted by Crippen LogP contribution is -2.37.